The molecule has 0 bridgehead atoms. The molecule has 0 saturated carbocycles. The minimum absolute atomic E-state index is 0.0131. The molecule has 2 aromatic carbocycles. The summed E-state index contributed by atoms with van der Waals surface area (Å²) in [5.74, 6) is -3.53. The summed E-state index contributed by atoms with van der Waals surface area (Å²) in [5, 5.41) is 10.3. The van der Waals surface area contributed by atoms with E-state index < -0.39 is 17.5 Å². The molecule has 0 unspecified atom stereocenters. The van der Waals surface area contributed by atoms with Crippen LogP contribution in [0.2, 0.25) is 0 Å². The fraction of sp³-hybridized carbons (Fsp3) is 0.125. The Morgan fingerprint density at radius 2 is 1.87 bits per heavy atom. The minimum Gasteiger partial charge on any atom is -0.419 e. The van der Waals surface area contributed by atoms with Gasteiger partial charge in [0.25, 0.3) is 0 Å². The van der Waals surface area contributed by atoms with Gasteiger partial charge in [-0.2, -0.15) is 0 Å². The average molecular weight is 319 g/mol. The number of anilines is 1. The van der Waals surface area contributed by atoms with Crippen molar-refractivity contribution < 1.29 is 17.6 Å². The van der Waals surface area contributed by atoms with Crippen LogP contribution in [0.1, 0.15) is 11.5 Å². The summed E-state index contributed by atoms with van der Waals surface area (Å²) in [7, 11) is 0. The molecule has 7 heteroatoms. The first-order valence-electron chi connectivity index (χ1n) is 6.81. The number of hydrogen-bond donors (Lipinski definition) is 1. The summed E-state index contributed by atoms with van der Waals surface area (Å²) < 4.78 is 45.0. The zero-order valence-electron chi connectivity index (χ0n) is 12.1. The SMILES string of the molecule is Cc1cccc(-c2nnc(CNc3ccc(F)c(F)c3F)o2)c1. The normalized spacial score (nSPS) is 10.8. The van der Waals surface area contributed by atoms with Gasteiger partial charge in [-0.3, -0.25) is 0 Å². The topological polar surface area (TPSA) is 51.0 Å². The lowest BCUT2D eigenvalue weighted by atomic mass is 10.1. The molecule has 3 rings (SSSR count). The van der Waals surface area contributed by atoms with Gasteiger partial charge in [0.05, 0.1) is 12.2 Å². The zero-order chi connectivity index (χ0) is 16.4. The lowest BCUT2D eigenvalue weighted by Crippen LogP contribution is -2.04. The van der Waals surface area contributed by atoms with Gasteiger partial charge in [-0.1, -0.05) is 17.7 Å². The number of benzene rings is 2. The highest BCUT2D eigenvalue weighted by Gasteiger charge is 2.14. The number of halogens is 3. The third-order valence-electron chi connectivity index (χ3n) is 3.20. The lowest BCUT2D eigenvalue weighted by Gasteiger charge is -2.05. The van der Waals surface area contributed by atoms with Crippen LogP contribution < -0.4 is 5.32 Å². The maximum Gasteiger partial charge on any atom is 0.247 e. The quantitative estimate of drug-likeness (QED) is 0.736. The van der Waals surface area contributed by atoms with E-state index >= 15 is 0 Å². The van der Waals surface area contributed by atoms with Crippen molar-refractivity contribution >= 4 is 5.69 Å². The van der Waals surface area contributed by atoms with E-state index in [4.69, 9.17) is 4.42 Å². The van der Waals surface area contributed by atoms with Crippen LogP contribution in [0.3, 0.4) is 0 Å². The van der Waals surface area contributed by atoms with Gasteiger partial charge >= 0.3 is 0 Å². The van der Waals surface area contributed by atoms with Gasteiger partial charge in [0, 0.05) is 5.56 Å². The number of aryl methyl sites for hydroxylation is 1. The first-order chi connectivity index (χ1) is 11.0. The molecular formula is C16H12F3N3O. The Morgan fingerprint density at radius 1 is 1.04 bits per heavy atom. The number of hydrogen-bond acceptors (Lipinski definition) is 4. The number of rotatable bonds is 4. The molecule has 0 fully saturated rings. The van der Waals surface area contributed by atoms with Gasteiger partial charge in [-0.25, -0.2) is 13.2 Å². The number of nitrogens with one attached hydrogen (secondary N) is 1. The molecule has 0 atom stereocenters. The summed E-state index contributed by atoms with van der Waals surface area (Å²) in [6.07, 6.45) is 0. The predicted octanol–water partition coefficient (Wildman–Crippen LogP) is 4.07. The Bertz CT molecular complexity index is 848. The Kier molecular flexibility index (Phi) is 4.01. The van der Waals surface area contributed by atoms with E-state index in [1.807, 2.05) is 31.2 Å². The van der Waals surface area contributed by atoms with Crippen LogP contribution in [0.15, 0.2) is 40.8 Å². The molecule has 0 spiro atoms. The molecule has 0 aliphatic carbocycles. The van der Waals surface area contributed by atoms with E-state index in [0.29, 0.717) is 5.89 Å². The smallest absolute Gasteiger partial charge is 0.247 e. The maximum absolute atomic E-state index is 13.5. The molecule has 0 amide bonds. The minimum atomic E-state index is -1.53. The molecule has 0 saturated heterocycles. The molecular weight excluding hydrogens is 307 g/mol. The molecule has 0 aliphatic heterocycles. The highest BCUT2D eigenvalue weighted by atomic mass is 19.2. The number of nitrogens with zero attached hydrogens (tertiary/aromatic N) is 2. The van der Waals surface area contributed by atoms with Gasteiger partial charge in [0.1, 0.15) is 0 Å². The van der Waals surface area contributed by atoms with Crippen molar-refractivity contribution in [2.75, 3.05) is 5.32 Å². The molecule has 23 heavy (non-hydrogen) atoms. The van der Waals surface area contributed by atoms with Crippen molar-refractivity contribution in [2.45, 2.75) is 13.5 Å². The molecule has 1 aromatic heterocycles. The Morgan fingerprint density at radius 3 is 2.65 bits per heavy atom. The molecule has 0 aliphatic rings. The van der Waals surface area contributed by atoms with Crippen LogP contribution in [0.4, 0.5) is 18.9 Å². The fourth-order valence-electron chi connectivity index (χ4n) is 2.05. The first-order valence-corrected chi connectivity index (χ1v) is 6.81. The first kappa shape index (κ1) is 15.1. The second-order valence-electron chi connectivity index (χ2n) is 4.95. The molecule has 1 N–H and O–H groups in total. The Balaban J connectivity index is 1.74. The van der Waals surface area contributed by atoms with Crippen molar-refractivity contribution in [2.24, 2.45) is 0 Å². The highest BCUT2D eigenvalue weighted by molar-refractivity contribution is 5.53. The third kappa shape index (κ3) is 3.18. The van der Waals surface area contributed by atoms with E-state index in [-0.39, 0.29) is 18.1 Å². The van der Waals surface area contributed by atoms with Gasteiger partial charge in [-0.05, 0) is 31.2 Å². The highest BCUT2D eigenvalue weighted by Crippen LogP contribution is 2.22. The van der Waals surface area contributed by atoms with Crippen LogP contribution in [-0.4, -0.2) is 10.2 Å². The van der Waals surface area contributed by atoms with E-state index in [9.17, 15) is 13.2 Å². The van der Waals surface area contributed by atoms with Crippen molar-refractivity contribution in [3.8, 4) is 11.5 Å². The Labute approximate surface area is 130 Å². The summed E-state index contributed by atoms with van der Waals surface area (Å²) in [6, 6.07) is 9.46. The van der Waals surface area contributed by atoms with Gasteiger partial charge in [-0.15, -0.1) is 10.2 Å². The molecule has 1 heterocycles. The van der Waals surface area contributed by atoms with Crippen molar-refractivity contribution in [3.63, 3.8) is 0 Å². The summed E-state index contributed by atoms with van der Waals surface area (Å²) in [5.41, 5.74) is 1.63. The third-order valence-corrected chi connectivity index (χ3v) is 3.20. The summed E-state index contributed by atoms with van der Waals surface area (Å²) in [4.78, 5) is 0. The predicted molar refractivity (Wildman–Crippen MR) is 78.1 cm³/mol. The van der Waals surface area contributed by atoms with Crippen molar-refractivity contribution in [1.29, 1.82) is 0 Å². The average Bonchev–Trinajstić information content (AvgIpc) is 3.01. The van der Waals surface area contributed by atoms with E-state index in [0.717, 1.165) is 23.3 Å². The molecule has 4 nitrogen and oxygen atoms in total. The van der Waals surface area contributed by atoms with Gasteiger partial charge < -0.3 is 9.73 Å². The lowest BCUT2D eigenvalue weighted by molar-refractivity contribution is 0.448. The van der Waals surface area contributed by atoms with Crippen LogP contribution >= 0.6 is 0 Å². The van der Waals surface area contributed by atoms with E-state index in [1.165, 1.54) is 0 Å². The van der Waals surface area contributed by atoms with Crippen LogP contribution in [0, 0.1) is 24.4 Å². The van der Waals surface area contributed by atoms with Gasteiger partial charge in [0.15, 0.2) is 17.5 Å². The monoisotopic (exact) mass is 319 g/mol. The van der Waals surface area contributed by atoms with E-state index in [2.05, 4.69) is 15.5 Å². The van der Waals surface area contributed by atoms with Crippen molar-refractivity contribution in [1.82, 2.24) is 10.2 Å². The van der Waals surface area contributed by atoms with Crippen LogP contribution in [0.25, 0.3) is 11.5 Å². The van der Waals surface area contributed by atoms with E-state index in [1.54, 1.807) is 0 Å². The molecule has 3 aromatic rings. The fourth-order valence-corrected chi connectivity index (χ4v) is 2.05. The Hall–Kier alpha value is -2.83. The van der Waals surface area contributed by atoms with Crippen LogP contribution in [0.5, 0.6) is 0 Å². The molecule has 0 radical (unpaired) electrons. The van der Waals surface area contributed by atoms with Crippen molar-refractivity contribution in [3.05, 3.63) is 65.3 Å². The zero-order valence-corrected chi connectivity index (χ0v) is 12.1. The standard InChI is InChI=1S/C16H12F3N3O/c1-9-3-2-4-10(7-9)16-22-21-13(23-16)8-20-12-6-5-11(17)14(18)15(12)19/h2-7,20H,8H2,1H3. The summed E-state index contributed by atoms with van der Waals surface area (Å²) >= 11 is 0. The van der Waals surface area contributed by atoms with Gasteiger partial charge in [0.2, 0.25) is 11.8 Å². The largest absolute Gasteiger partial charge is 0.419 e. The second-order valence-corrected chi connectivity index (χ2v) is 4.95. The maximum atomic E-state index is 13.5. The second kappa shape index (κ2) is 6.12. The van der Waals surface area contributed by atoms with Crippen LogP contribution in [-0.2, 0) is 6.54 Å². The summed E-state index contributed by atoms with van der Waals surface area (Å²) in [6.45, 7) is 1.93. The number of aromatic nitrogens is 2. The molecule has 118 valence electrons.